The van der Waals surface area contributed by atoms with Gasteiger partial charge in [0.1, 0.15) is 5.60 Å². The van der Waals surface area contributed by atoms with Gasteiger partial charge in [0.05, 0.1) is 29.9 Å². The number of carbonyl (C=O) groups excluding carboxylic acids is 2. The zero-order valence-corrected chi connectivity index (χ0v) is 16.7. The number of benzene rings is 2. The Morgan fingerprint density at radius 3 is 2.62 bits per heavy atom. The van der Waals surface area contributed by atoms with Crippen LogP contribution in [0, 0.1) is 0 Å². The minimum absolute atomic E-state index is 0.0574. The van der Waals surface area contributed by atoms with Gasteiger partial charge in [0.25, 0.3) is 0 Å². The highest BCUT2D eigenvalue weighted by molar-refractivity contribution is 6.04. The summed E-state index contributed by atoms with van der Waals surface area (Å²) in [5.74, 6) is -0.0574. The molecule has 1 aromatic heterocycles. The minimum Gasteiger partial charge on any atom is -0.444 e. The predicted molar refractivity (Wildman–Crippen MR) is 111 cm³/mol. The summed E-state index contributed by atoms with van der Waals surface area (Å²) in [7, 11) is 0. The second kappa shape index (κ2) is 7.20. The van der Waals surface area contributed by atoms with Gasteiger partial charge in [-0.15, -0.1) is 0 Å². The molecule has 0 spiro atoms. The molecule has 0 radical (unpaired) electrons. The van der Waals surface area contributed by atoms with E-state index in [4.69, 9.17) is 4.74 Å². The number of rotatable bonds is 4. The molecule has 6 heteroatoms. The van der Waals surface area contributed by atoms with Gasteiger partial charge in [-0.1, -0.05) is 36.4 Å². The third-order valence-electron chi connectivity index (χ3n) is 4.84. The molecule has 4 rings (SSSR count). The highest BCUT2D eigenvalue weighted by Crippen LogP contribution is 2.41. The van der Waals surface area contributed by atoms with E-state index in [0.29, 0.717) is 11.3 Å². The normalized spacial score (nSPS) is 14.8. The Hall–Kier alpha value is -3.41. The second-order valence-corrected chi connectivity index (χ2v) is 8.09. The Bertz CT molecular complexity index is 1080. The fourth-order valence-electron chi connectivity index (χ4n) is 3.68. The fraction of sp³-hybridized carbons (Fsp3) is 0.261. The van der Waals surface area contributed by atoms with Crippen LogP contribution in [0.15, 0.2) is 61.1 Å². The van der Waals surface area contributed by atoms with E-state index in [1.54, 1.807) is 51.4 Å². The van der Waals surface area contributed by atoms with E-state index in [9.17, 15) is 9.59 Å². The first-order valence-corrected chi connectivity index (χ1v) is 9.57. The third kappa shape index (κ3) is 3.78. The smallest absolute Gasteiger partial charge is 0.412 e. The number of hydrogen-bond acceptors (Lipinski definition) is 4. The number of imidazole rings is 1. The molecule has 0 saturated heterocycles. The first kappa shape index (κ1) is 18.9. The van der Waals surface area contributed by atoms with Gasteiger partial charge in [0, 0.05) is 17.5 Å². The molecule has 0 saturated carbocycles. The summed E-state index contributed by atoms with van der Waals surface area (Å²) in [6.45, 7) is 5.39. The van der Waals surface area contributed by atoms with Gasteiger partial charge in [-0.2, -0.15) is 0 Å². The van der Waals surface area contributed by atoms with Crippen LogP contribution in [-0.4, -0.2) is 27.0 Å². The SMILES string of the molecule is CC(C)(C)OC(=O)Nc1ccccc1C(=O)CC1c2ccccc2-c2cncn21. The zero-order chi connectivity index (χ0) is 20.6. The Kier molecular flexibility index (Phi) is 4.70. The van der Waals surface area contributed by atoms with Crippen molar-refractivity contribution in [3.05, 3.63) is 72.2 Å². The highest BCUT2D eigenvalue weighted by atomic mass is 16.6. The second-order valence-electron chi connectivity index (χ2n) is 8.09. The van der Waals surface area contributed by atoms with Crippen LogP contribution in [0.3, 0.4) is 0 Å². The Balaban J connectivity index is 1.58. The van der Waals surface area contributed by atoms with Crippen LogP contribution in [0.4, 0.5) is 10.5 Å². The van der Waals surface area contributed by atoms with Gasteiger partial charge in [-0.25, -0.2) is 9.78 Å². The van der Waals surface area contributed by atoms with Crippen molar-refractivity contribution in [1.29, 1.82) is 0 Å². The molecule has 2 aromatic carbocycles. The van der Waals surface area contributed by atoms with E-state index < -0.39 is 11.7 Å². The lowest BCUT2D eigenvalue weighted by Gasteiger charge is -2.20. The van der Waals surface area contributed by atoms with E-state index in [2.05, 4.69) is 10.3 Å². The van der Waals surface area contributed by atoms with Crippen molar-refractivity contribution in [1.82, 2.24) is 9.55 Å². The molecule has 1 atom stereocenters. The summed E-state index contributed by atoms with van der Waals surface area (Å²) in [5.41, 5.74) is 3.51. The number of para-hydroxylation sites is 1. The average Bonchev–Trinajstić information content (AvgIpc) is 3.23. The number of ketones is 1. The predicted octanol–water partition coefficient (Wildman–Crippen LogP) is 5.07. The largest absolute Gasteiger partial charge is 0.444 e. The number of hydrogen-bond donors (Lipinski definition) is 1. The van der Waals surface area contributed by atoms with Gasteiger partial charge < -0.3 is 9.30 Å². The first-order valence-electron chi connectivity index (χ1n) is 9.57. The highest BCUT2D eigenvalue weighted by Gasteiger charge is 2.30. The molecule has 1 aliphatic heterocycles. The summed E-state index contributed by atoms with van der Waals surface area (Å²) in [5, 5.41) is 2.71. The lowest BCUT2D eigenvalue weighted by molar-refractivity contribution is 0.0636. The van der Waals surface area contributed by atoms with Gasteiger partial charge in [-0.05, 0) is 38.5 Å². The van der Waals surface area contributed by atoms with Crippen LogP contribution >= 0.6 is 0 Å². The minimum atomic E-state index is -0.617. The molecule has 0 fully saturated rings. The van der Waals surface area contributed by atoms with E-state index in [0.717, 1.165) is 16.8 Å². The van der Waals surface area contributed by atoms with Crippen molar-refractivity contribution in [2.45, 2.75) is 38.8 Å². The van der Waals surface area contributed by atoms with Gasteiger partial charge in [-0.3, -0.25) is 10.1 Å². The quantitative estimate of drug-likeness (QED) is 0.632. The van der Waals surface area contributed by atoms with Crippen molar-refractivity contribution >= 4 is 17.6 Å². The molecule has 29 heavy (non-hydrogen) atoms. The van der Waals surface area contributed by atoms with Crippen molar-refractivity contribution in [2.24, 2.45) is 0 Å². The molecule has 1 N–H and O–H groups in total. The first-order chi connectivity index (χ1) is 13.8. The third-order valence-corrected chi connectivity index (χ3v) is 4.84. The standard InChI is InChI=1S/C23H23N3O3/c1-23(2,3)29-22(28)25-18-11-7-6-10-17(18)21(27)12-19-15-8-4-5-9-16(15)20-13-24-14-26(19)20/h4-11,13-14,19H,12H2,1-3H3,(H,25,28). The van der Waals surface area contributed by atoms with E-state index in [-0.39, 0.29) is 18.2 Å². The van der Waals surface area contributed by atoms with Gasteiger partial charge in [0.15, 0.2) is 5.78 Å². The van der Waals surface area contributed by atoms with Crippen molar-refractivity contribution in [2.75, 3.05) is 5.32 Å². The lowest BCUT2D eigenvalue weighted by Crippen LogP contribution is -2.27. The lowest BCUT2D eigenvalue weighted by atomic mass is 9.96. The summed E-state index contributed by atoms with van der Waals surface area (Å²) in [4.78, 5) is 29.6. The van der Waals surface area contributed by atoms with E-state index >= 15 is 0 Å². The number of ether oxygens (including phenoxy) is 1. The van der Waals surface area contributed by atoms with Gasteiger partial charge >= 0.3 is 6.09 Å². The average molecular weight is 389 g/mol. The zero-order valence-electron chi connectivity index (χ0n) is 16.7. The number of amides is 1. The molecule has 0 bridgehead atoms. The van der Waals surface area contributed by atoms with E-state index in [1.807, 2.05) is 35.0 Å². The fourth-order valence-corrected chi connectivity index (χ4v) is 3.68. The number of Topliss-reactive ketones (excluding diaryl/α,β-unsaturated/α-hetero) is 1. The number of anilines is 1. The molecule has 1 aliphatic rings. The molecule has 0 aliphatic carbocycles. The summed E-state index contributed by atoms with van der Waals surface area (Å²) >= 11 is 0. The van der Waals surface area contributed by atoms with E-state index in [1.165, 1.54) is 0 Å². The van der Waals surface area contributed by atoms with Crippen LogP contribution in [0.5, 0.6) is 0 Å². The molecule has 2 heterocycles. The number of nitrogens with zero attached hydrogens (tertiary/aromatic N) is 2. The maximum atomic E-state index is 13.2. The molecule has 1 amide bonds. The molecule has 1 unspecified atom stereocenters. The van der Waals surface area contributed by atoms with Crippen LogP contribution in [0.2, 0.25) is 0 Å². The maximum absolute atomic E-state index is 13.2. The molecule has 3 aromatic rings. The van der Waals surface area contributed by atoms with Crippen molar-refractivity contribution in [3.63, 3.8) is 0 Å². The van der Waals surface area contributed by atoms with Crippen LogP contribution in [0.25, 0.3) is 11.3 Å². The molecule has 6 nitrogen and oxygen atoms in total. The van der Waals surface area contributed by atoms with Gasteiger partial charge in [0.2, 0.25) is 0 Å². The molecular formula is C23H23N3O3. The number of carbonyl (C=O) groups is 2. The summed E-state index contributed by atoms with van der Waals surface area (Å²) in [6.07, 6.45) is 3.27. The summed E-state index contributed by atoms with van der Waals surface area (Å²) in [6, 6.07) is 14.9. The Morgan fingerprint density at radius 2 is 1.83 bits per heavy atom. The monoisotopic (exact) mass is 389 g/mol. The summed E-state index contributed by atoms with van der Waals surface area (Å²) < 4.78 is 7.35. The van der Waals surface area contributed by atoms with Crippen molar-refractivity contribution < 1.29 is 14.3 Å². The molecular weight excluding hydrogens is 366 g/mol. The topological polar surface area (TPSA) is 73.2 Å². The Morgan fingerprint density at radius 1 is 1.10 bits per heavy atom. The maximum Gasteiger partial charge on any atom is 0.412 e. The van der Waals surface area contributed by atoms with Crippen LogP contribution < -0.4 is 5.32 Å². The van der Waals surface area contributed by atoms with Crippen LogP contribution in [0.1, 0.15) is 49.2 Å². The Labute approximate surface area is 169 Å². The number of nitrogens with one attached hydrogen (secondary N) is 1. The van der Waals surface area contributed by atoms with Crippen molar-refractivity contribution in [3.8, 4) is 11.3 Å². The molecule has 148 valence electrons. The number of fused-ring (bicyclic) bond motifs is 3. The van der Waals surface area contributed by atoms with Crippen LogP contribution in [-0.2, 0) is 4.74 Å². The number of aromatic nitrogens is 2.